The Hall–Kier alpha value is -1.00. The van der Waals surface area contributed by atoms with Crippen LogP contribution in [0.25, 0.3) is 0 Å². The van der Waals surface area contributed by atoms with Crippen molar-refractivity contribution < 1.29 is 5.11 Å². The largest absolute Gasteiger partial charge is 0.390 e. The molecular formula is C20H36O. The Morgan fingerprint density at radius 2 is 1.90 bits per heavy atom. The fourth-order valence-corrected chi connectivity index (χ4v) is 2.48. The first-order chi connectivity index (χ1) is 9.90. The minimum atomic E-state index is -0.522. The lowest BCUT2D eigenvalue weighted by atomic mass is 9.86. The molecule has 0 aromatic heterocycles. The van der Waals surface area contributed by atoms with Crippen LogP contribution in [0.2, 0.25) is 0 Å². The Morgan fingerprint density at radius 3 is 2.29 bits per heavy atom. The third kappa shape index (κ3) is 12.5. The van der Waals surface area contributed by atoms with E-state index in [0.717, 1.165) is 19.3 Å². The van der Waals surface area contributed by atoms with Gasteiger partial charge in [-0.05, 0) is 51.4 Å². The van der Waals surface area contributed by atoms with E-state index < -0.39 is 5.60 Å². The van der Waals surface area contributed by atoms with Gasteiger partial charge in [0.05, 0.1) is 5.60 Å². The summed E-state index contributed by atoms with van der Waals surface area (Å²) in [5.41, 5.74) is 0.962. The molecule has 0 amide bonds. The molecule has 0 spiro atoms. The molecule has 1 rings (SSSR count). The molecule has 0 bridgehead atoms. The van der Waals surface area contributed by atoms with E-state index in [-0.39, 0.29) is 0 Å². The molecule has 2 atom stereocenters. The molecule has 0 aliphatic heterocycles. The first-order valence-electron chi connectivity index (χ1n) is 8.33. The first-order valence-corrected chi connectivity index (χ1v) is 8.33. The molecule has 0 heterocycles. The van der Waals surface area contributed by atoms with Crippen molar-refractivity contribution in [2.45, 2.75) is 79.2 Å². The average molecular weight is 293 g/mol. The highest BCUT2D eigenvalue weighted by molar-refractivity contribution is 5.23. The second kappa shape index (κ2) is 12.7. The maximum absolute atomic E-state index is 9.86. The van der Waals surface area contributed by atoms with Crippen LogP contribution in [0.4, 0.5) is 0 Å². The zero-order chi connectivity index (χ0) is 16.9. The lowest BCUT2D eigenvalue weighted by molar-refractivity contribution is 0.0504. The summed E-state index contributed by atoms with van der Waals surface area (Å²) in [7, 11) is 0. The highest BCUT2D eigenvalue weighted by Gasteiger charge is 2.19. The molecule has 0 saturated heterocycles. The molecule has 122 valence electrons. The molecule has 0 saturated carbocycles. The van der Waals surface area contributed by atoms with Crippen LogP contribution >= 0.6 is 0 Å². The molecule has 21 heavy (non-hydrogen) atoms. The average Bonchev–Trinajstić information content (AvgIpc) is 2.48. The Morgan fingerprint density at radius 1 is 1.33 bits per heavy atom. The predicted molar refractivity (Wildman–Crippen MR) is 96.2 cm³/mol. The number of allylic oxidation sites excluding steroid dienone is 4. The summed E-state index contributed by atoms with van der Waals surface area (Å²) in [4.78, 5) is 0. The van der Waals surface area contributed by atoms with Crippen molar-refractivity contribution in [3.63, 3.8) is 0 Å². The van der Waals surface area contributed by atoms with Crippen LogP contribution < -0.4 is 0 Å². The summed E-state index contributed by atoms with van der Waals surface area (Å²) in [5, 5.41) is 9.86. The molecule has 1 nitrogen and oxygen atoms in total. The lowest BCUT2D eigenvalue weighted by Gasteiger charge is -2.24. The number of terminal acetylenes is 1. The highest BCUT2D eigenvalue weighted by Crippen LogP contribution is 2.27. The normalized spacial score (nSPS) is 18.5. The molecule has 1 aliphatic rings. The molecule has 1 aliphatic carbocycles. The second-order valence-electron chi connectivity index (χ2n) is 6.18. The predicted octanol–water partition coefficient (Wildman–Crippen LogP) is 5.75. The van der Waals surface area contributed by atoms with Crippen molar-refractivity contribution in [3.05, 3.63) is 23.8 Å². The van der Waals surface area contributed by atoms with Gasteiger partial charge in [-0.2, -0.15) is 0 Å². The Kier molecular flexibility index (Phi) is 13.5. The van der Waals surface area contributed by atoms with E-state index in [0.29, 0.717) is 11.8 Å². The SMILES string of the molecule is C#C.CC.CCC(CCC1=CCC(C)C=C1)CC(C)(C)O. The van der Waals surface area contributed by atoms with E-state index in [1.165, 1.54) is 18.4 Å². The molecule has 0 aromatic rings. The van der Waals surface area contributed by atoms with Gasteiger partial charge in [-0.3, -0.25) is 0 Å². The summed E-state index contributed by atoms with van der Waals surface area (Å²) >= 11 is 0. The quantitative estimate of drug-likeness (QED) is 0.618. The van der Waals surface area contributed by atoms with Crippen molar-refractivity contribution in [1.82, 2.24) is 0 Å². The van der Waals surface area contributed by atoms with E-state index in [4.69, 9.17) is 0 Å². The number of aliphatic hydroxyl groups is 1. The van der Waals surface area contributed by atoms with Crippen molar-refractivity contribution in [2.75, 3.05) is 0 Å². The third-order valence-corrected chi connectivity index (χ3v) is 3.60. The van der Waals surface area contributed by atoms with Gasteiger partial charge in [0.1, 0.15) is 0 Å². The maximum atomic E-state index is 9.86. The van der Waals surface area contributed by atoms with Crippen LogP contribution in [0.5, 0.6) is 0 Å². The Labute approximate surface area is 133 Å². The molecular weight excluding hydrogens is 256 g/mol. The summed E-state index contributed by atoms with van der Waals surface area (Å²) in [6, 6.07) is 0. The summed E-state index contributed by atoms with van der Waals surface area (Å²) in [5.74, 6) is 1.35. The lowest BCUT2D eigenvalue weighted by Crippen LogP contribution is -2.23. The fraction of sp³-hybridized carbons (Fsp3) is 0.700. The van der Waals surface area contributed by atoms with Gasteiger partial charge in [-0.25, -0.2) is 0 Å². The van der Waals surface area contributed by atoms with E-state index in [9.17, 15) is 5.11 Å². The smallest absolute Gasteiger partial charge is 0.0594 e. The van der Waals surface area contributed by atoms with Gasteiger partial charge in [0, 0.05) is 0 Å². The highest BCUT2D eigenvalue weighted by atomic mass is 16.3. The number of hydrogen-bond donors (Lipinski definition) is 1. The molecule has 0 aromatic carbocycles. The maximum Gasteiger partial charge on any atom is 0.0594 e. The zero-order valence-corrected chi connectivity index (χ0v) is 15.0. The van der Waals surface area contributed by atoms with E-state index in [2.05, 4.69) is 44.9 Å². The minimum Gasteiger partial charge on any atom is -0.390 e. The van der Waals surface area contributed by atoms with Gasteiger partial charge < -0.3 is 5.11 Å². The topological polar surface area (TPSA) is 20.2 Å². The van der Waals surface area contributed by atoms with E-state index in [1.807, 2.05) is 27.7 Å². The monoisotopic (exact) mass is 292 g/mol. The molecule has 0 fully saturated rings. The molecule has 2 unspecified atom stereocenters. The minimum absolute atomic E-state index is 0.522. The van der Waals surface area contributed by atoms with Crippen molar-refractivity contribution in [1.29, 1.82) is 0 Å². The molecule has 1 heteroatoms. The second-order valence-corrected chi connectivity index (χ2v) is 6.18. The van der Waals surface area contributed by atoms with E-state index in [1.54, 1.807) is 0 Å². The summed E-state index contributed by atoms with van der Waals surface area (Å²) in [6.45, 7) is 12.3. The fourth-order valence-electron chi connectivity index (χ4n) is 2.48. The third-order valence-electron chi connectivity index (χ3n) is 3.60. The summed E-state index contributed by atoms with van der Waals surface area (Å²) < 4.78 is 0. The van der Waals surface area contributed by atoms with Crippen molar-refractivity contribution >= 4 is 0 Å². The van der Waals surface area contributed by atoms with Gasteiger partial charge in [-0.1, -0.05) is 57.9 Å². The summed E-state index contributed by atoms with van der Waals surface area (Å²) in [6.07, 6.45) is 20.6. The van der Waals surface area contributed by atoms with Gasteiger partial charge in [0.25, 0.3) is 0 Å². The van der Waals surface area contributed by atoms with Gasteiger partial charge in [0.15, 0.2) is 0 Å². The van der Waals surface area contributed by atoms with Crippen LogP contribution in [0.15, 0.2) is 23.8 Å². The van der Waals surface area contributed by atoms with Crippen LogP contribution in [-0.4, -0.2) is 10.7 Å². The standard InChI is InChI=1S/C16H28O.C2H6.C2H2/c1-5-14(12-16(3,4)17)10-11-15-8-6-13(2)7-9-15;2*1-2/h6,8-9,13-14,17H,5,7,10-12H2,1-4H3;1-2H3;1-2H. The van der Waals surface area contributed by atoms with E-state index >= 15 is 0 Å². The first kappa shape index (κ1) is 22.3. The Balaban J connectivity index is 0. The van der Waals surface area contributed by atoms with Crippen LogP contribution in [0, 0.1) is 24.7 Å². The van der Waals surface area contributed by atoms with Crippen LogP contribution in [0.3, 0.4) is 0 Å². The van der Waals surface area contributed by atoms with Gasteiger partial charge in [-0.15, -0.1) is 12.8 Å². The van der Waals surface area contributed by atoms with Gasteiger partial charge in [0.2, 0.25) is 0 Å². The van der Waals surface area contributed by atoms with Crippen molar-refractivity contribution in [2.24, 2.45) is 11.8 Å². The number of rotatable bonds is 6. The van der Waals surface area contributed by atoms with Crippen molar-refractivity contribution in [3.8, 4) is 12.8 Å². The Bertz CT molecular complexity index is 314. The molecule has 0 radical (unpaired) electrons. The molecule has 1 N–H and O–H groups in total. The number of hydrogen-bond acceptors (Lipinski definition) is 1. The van der Waals surface area contributed by atoms with Crippen LogP contribution in [-0.2, 0) is 0 Å². The van der Waals surface area contributed by atoms with Gasteiger partial charge >= 0.3 is 0 Å². The van der Waals surface area contributed by atoms with Crippen LogP contribution in [0.1, 0.15) is 73.6 Å². The zero-order valence-electron chi connectivity index (χ0n) is 15.0.